The Morgan fingerprint density at radius 1 is 1.27 bits per heavy atom. The fourth-order valence-electron chi connectivity index (χ4n) is 3.22. The van der Waals surface area contributed by atoms with Crippen LogP contribution >= 0.6 is 0 Å². The summed E-state index contributed by atoms with van der Waals surface area (Å²) in [4.78, 5) is 0. The van der Waals surface area contributed by atoms with Crippen molar-refractivity contribution >= 4 is 10.0 Å². The van der Waals surface area contributed by atoms with Crippen molar-refractivity contribution in [3.8, 4) is 5.75 Å². The summed E-state index contributed by atoms with van der Waals surface area (Å²) < 4.78 is 32.6. The van der Waals surface area contributed by atoms with Crippen molar-refractivity contribution in [2.75, 3.05) is 13.2 Å². The fraction of sp³-hybridized carbons (Fsp3) is 0.625. The second kappa shape index (κ2) is 6.56. The SMILES string of the molecule is O=S(=O)(NCC(O)c1ccc2c(c1)CCO2)C1CCCCC1. The molecule has 6 heteroatoms. The van der Waals surface area contributed by atoms with E-state index in [1.54, 1.807) is 6.07 Å². The first kappa shape index (κ1) is 15.8. The molecule has 0 saturated heterocycles. The Kier molecular flexibility index (Phi) is 4.70. The first-order valence-corrected chi connectivity index (χ1v) is 9.53. The zero-order valence-electron chi connectivity index (χ0n) is 12.6. The molecule has 122 valence electrons. The highest BCUT2D eigenvalue weighted by Gasteiger charge is 2.27. The van der Waals surface area contributed by atoms with Crippen molar-refractivity contribution in [1.82, 2.24) is 4.72 Å². The lowest BCUT2D eigenvalue weighted by Crippen LogP contribution is -2.37. The van der Waals surface area contributed by atoms with Gasteiger partial charge in [0, 0.05) is 13.0 Å². The lowest BCUT2D eigenvalue weighted by Gasteiger charge is -2.23. The molecule has 1 unspecified atom stereocenters. The molecule has 1 aromatic carbocycles. The van der Waals surface area contributed by atoms with E-state index < -0.39 is 16.1 Å². The van der Waals surface area contributed by atoms with Crippen LogP contribution in [0.1, 0.15) is 49.3 Å². The third kappa shape index (κ3) is 3.45. The van der Waals surface area contributed by atoms with Gasteiger partial charge in [-0.2, -0.15) is 0 Å². The summed E-state index contributed by atoms with van der Waals surface area (Å²) in [6.45, 7) is 0.696. The highest BCUT2D eigenvalue weighted by Crippen LogP contribution is 2.28. The minimum absolute atomic E-state index is 0.0263. The zero-order chi connectivity index (χ0) is 15.6. The molecule has 0 radical (unpaired) electrons. The summed E-state index contributed by atoms with van der Waals surface area (Å²) in [6.07, 6.45) is 4.51. The summed E-state index contributed by atoms with van der Waals surface area (Å²) in [6, 6.07) is 5.54. The van der Waals surface area contributed by atoms with E-state index in [0.717, 1.165) is 55.4 Å². The smallest absolute Gasteiger partial charge is 0.214 e. The van der Waals surface area contributed by atoms with E-state index in [1.807, 2.05) is 12.1 Å². The number of fused-ring (bicyclic) bond motifs is 1. The molecule has 1 aromatic rings. The number of nitrogens with one attached hydrogen (secondary N) is 1. The number of hydrogen-bond donors (Lipinski definition) is 2. The molecule has 1 fully saturated rings. The highest BCUT2D eigenvalue weighted by molar-refractivity contribution is 7.90. The van der Waals surface area contributed by atoms with Gasteiger partial charge < -0.3 is 9.84 Å². The molecule has 5 nitrogen and oxygen atoms in total. The number of benzene rings is 1. The van der Waals surface area contributed by atoms with Crippen LogP contribution in [0.3, 0.4) is 0 Å². The number of aliphatic hydroxyl groups is 1. The number of ether oxygens (including phenoxy) is 1. The Bertz CT molecular complexity index is 623. The monoisotopic (exact) mass is 325 g/mol. The molecule has 1 atom stereocenters. The predicted molar refractivity (Wildman–Crippen MR) is 84.4 cm³/mol. The summed E-state index contributed by atoms with van der Waals surface area (Å²) in [5, 5.41) is 9.94. The minimum Gasteiger partial charge on any atom is -0.493 e. The first-order chi connectivity index (χ1) is 10.6. The van der Waals surface area contributed by atoms with Crippen molar-refractivity contribution < 1.29 is 18.3 Å². The Balaban J connectivity index is 1.60. The zero-order valence-corrected chi connectivity index (χ0v) is 13.4. The van der Waals surface area contributed by atoms with Crippen molar-refractivity contribution in [1.29, 1.82) is 0 Å². The van der Waals surface area contributed by atoms with Crippen LogP contribution in [0.4, 0.5) is 0 Å². The van der Waals surface area contributed by atoms with Crippen LogP contribution in [-0.2, 0) is 16.4 Å². The number of rotatable bonds is 5. The second-order valence-corrected chi connectivity index (χ2v) is 8.18. The molecule has 0 spiro atoms. The Labute approximate surface area is 131 Å². The summed E-state index contributed by atoms with van der Waals surface area (Å²) in [5.41, 5.74) is 1.81. The molecule has 2 N–H and O–H groups in total. The number of sulfonamides is 1. The second-order valence-electron chi connectivity index (χ2n) is 6.13. The molecule has 1 aliphatic heterocycles. The molecule has 0 aromatic heterocycles. The average Bonchev–Trinajstić information content (AvgIpc) is 3.01. The van der Waals surface area contributed by atoms with Gasteiger partial charge in [-0.3, -0.25) is 0 Å². The van der Waals surface area contributed by atoms with E-state index in [4.69, 9.17) is 4.74 Å². The number of hydrogen-bond acceptors (Lipinski definition) is 4. The Hall–Kier alpha value is -1.11. The van der Waals surface area contributed by atoms with Crippen LogP contribution in [-0.4, -0.2) is 31.9 Å². The van der Waals surface area contributed by atoms with Gasteiger partial charge in [0.05, 0.1) is 18.0 Å². The lowest BCUT2D eigenvalue weighted by molar-refractivity contribution is 0.181. The van der Waals surface area contributed by atoms with Crippen LogP contribution in [0, 0.1) is 0 Å². The summed E-state index contributed by atoms with van der Waals surface area (Å²) in [7, 11) is -3.33. The topological polar surface area (TPSA) is 75.6 Å². The van der Waals surface area contributed by atoms with E-state index in [9.17, 15) is 13.5 Å². The molecule has 1 aliphatic carbocycles. The molecule has 2 aliphatic rings. The molecular weight excluding hydrogens is 302 g/mol. The third-order valence-corrected chi connectivity index (χ3v) is 6.49. The molecule has 22 heavy (non-hydrogen) atoms. The van der Waals surface area contributed by atoms with Gasteiger partial charge in [-0.05, 0) is 36.1 Å². The molecule has 3 rings (SSSR count). The van der Waals surface area contributed by atoms with Crippen molar-refractivity contribution in [3.63, 3.8) is 0 Å². The van der Waals surface area contributed by atoms with Crippen LogP contribution in [0.2, 0.25) is 0 Å². The normalized spacial score (nSPS) is 20.4. The van der Waals surface area contributed by atoms with Crippen LogP contribution in [0.5, 0.6) is 5.75 Å². The molecule has 1 heterocycles. The van der Waals surface area contributed by atoms with Gasteiger partial charge in [-0.25, -0.2) is 13.1 Å². The van der Waals surface area contributed by atoms with E-state index in [1.165, 1.54) is 0 Å². The standard InChI is InChI=1S/C16H23NO4S/c18-15(12-6-7-16-13(10-12)8-9-21-16)11-17-22(19,20)14-4-2-1-3-5-14/h6-7,10,14-15,17-18H,1-5,8-9,11H2. The first-order valence-electron chi connectivity index (χ1n) is 7.98. The van der Waals surface area contributed by atoms with Crippen LogP contribution < -0.4 is 9.46 Å². The predicted octanol–water partition coefficient (Wildman–Crippen LogP) is 1.91. The van der Waals surface area contributed by atoms with E-state index >= 15 is 0 Å². The summed E-state index contributed by atoms with van der Waals surface area (Å²) >= 11 is 0. The number of aliphatic hydroxyl groups excluding tert-OH is 1. The van der Waals surface area contributed by atoms with Crippen molar-refractivity contribution in [2.24, 2.45) is 0 Å². The maximum Gasteiger partial charge on any atom is 0.214 e. The lowest BCUT2D eigenvalue weighted by atomic mass is 10.0. The van der Waals surface area contributed by atoms with Gasteiger partial charge in [0.15, 0.2) is 0 Å². The van der Waals surface area contributed by atoms with Crippen molar-refractivity contribution in [3.05, 3.63) is 29.3 Å². The molecule has 1 saturated carbocycles. The highest BCUT2D eigenvalue weighted by atomic mass is 32.2. The van der Waals surface area contributed by atoms with E-state index in [-0.39, 0.29) is 11.8 Å². The van der Waals surface area contributed by atoms with Gasteiger partial charge in [0.25, 0.3) is 0 Å². The third-order valence-electron chi connectivity index (χ3n) is 4.57. The quantitative estimate of drug-likeness (QED) is 0.867. The maximum absolute atomic E-state index is 12.3. The van der Waals surface area contributed by atoms with Gasteiger partial charge in [-0.1, -0.05) is 25.3 Å². The van der Waals surface area contributed by atoms with Gasteiger partial charge in [0.1, 0.15) is 5.75 Å². The molecule has 0 bridgehead atoms. The van der Waals surface area contributed by atoms with E-state index in [0.29, 0.717) is 6.61 Å². The minimum atomic E-state index is -3.33. The van der Waals surface area contributed by atoms with Crippen LogP contribution in [0.15, 0.2) is 18.2 Å². The molecule has 0 amide bonds. The van der Waals surface area contributed by atoms with E-state index in [2.05, 4.69) is 4.72 Å². The average molecular weight is 325 g/mol. The van der Waals surface area contributed by atoms with Gasteiger partial charge >= 0.3 is 0 Å². The van der Waals surface area contributed by atoms with Crippen LogP contribution in [0.25, 0.3) is 0 Å². The Morgan fingerprint density at radius 2 is 2.05 bits per heavy atom. The maximum atomic E-state index is 12.3. The molecular formula is C16H23NO4S. The fourth-order valence-corrected chi connectivity index (χ4v) is 4.80. The largest absolute Gasteiger partial charge is 0.493 e. The van der Waals surface area contributed by atoms with Gasteiger partial charge in [-0.15, -0.1) is 0 Å². The Morgan fingerprint density at radius 3 is 2.82 bits per heavy atom. The van der Waals surface area contributed by atoms with Crippen molar-refractivity contribution in [2.45, 2.75) is 49.9 Å². The van der Waals surface area contributed by atoms with Gasteiger partial charge in [0.2, 0.25) is 10.0 Å². The summed E-state index contributed by atoms with van der Waals surface area (Å²) in [5.74, 6) is 0.860.